The van der Waals surface area contributed by atoms with E-state index in [1.54, 1.807) is 11.1 Å². The predicted octanol–water partition coefficient (Wildman–Crippen LogP) is 0.786. The highest BCUT2D eigenvalue weighted by molar-refractivity contribution is 5.77. The molecule has 1 N–H and O–H groups in total. The van der Waals surface area contributed by atoms with Gasteiger partial charge in [0.1, 0.15) is 5.82 Å². The molecule has 0 aliphatic carbocycles. The number of H-pyrrole nitrogens is 1. The van der Waals surface area contributed by atoms with E-state index in [4.69, 9.17) is 4.74 Å². The fourth-order valence-corrected chi connectivity index (χ4v) is 2.59. The number of aromatic amines is 1. The molecular formula is C14H24N4O2. The summed E-state index contributed by atoms with van der Waals surface area (Å²) in [5, 5.41) is 0. The van der Waals surface area contributed by atoms with Crippen molar-refractivity contribution in [3.63, 3.8) is 0 Å². The predicted molar refractivity (Wildman–Crippen MR) is 76.2 cm³/mol. The Kier molecular flexibility index (Phi) is 4.77. The summed E-state index contributed by atoms with van der Waals surface area (Å²) >= 11 is 0. The maximum atomic E-state index is 12.2. The van der Waals surface area contributed by atoms with Gasteiger partial charge in [-0.2, -0.15) is 0 Å². The third-order valence-corrected chi connectivity index (χ3v) is 3.42. The highest BCUT2D eigenvalue weighted by Gasteiger charge is 2.24. The van der Waals surface area contributed by atoms with Gasteiger partial charge >= 0.3 is 0 Å². The molecule has 1 amide bonds. The first-order chi connectivity index (χ1) is 9.44. The van der Waals surface area contributed by atoms with Crippen LogP contribution >= 0.6 is 0 Å². The minimum atomic E-state index is 0.111. The van der Waals surface area contributed by atoms with Crippen molar-refractivity contribution in [2.24, 2.45) is 0 Å². The average Bonchev–Trinajstić information content (AvgIpc) is 2.73. The number of imidazole rings is 1. The Morgan fingerprint density at radius 1 is 1.50 bits per heavy atom. The molecule has 0 radical (unpaired) electrons. The van der Waals surface area contributed by atoms with Gasteiger partial charge in [-0.25, -0.2) is 4.98 Å². The van der Waals surface area contributed by atoms with Crippen LogP contribution in [-0.4, -0.2) is 64.6 Å². The van der Waals surface area contributed by atoms with Gasteiger partial charge in [-0.1, -0.05) is 0 Å². The Labute approximate surface area is 120 Å². The second kappa shape index (κ2) is 6.37. The molecule has 1 aliphatic heterocycles. The standard InChI is InChI=1S/C14H24N4O2/c1-10-5-15-13(16-10)8-17(4)14(19)9-18-6-11(2)20-12(3)7-18/h5,11-12H,6-9H2,1-4H3,(H,15,16)/t11-,12+. The van der Waals surface area contributed by atoms with Gasteiger partial charge in [0, 0.05) is 32.0 Å². The molecule has 6 nitrogen and oxygen atoms in total. The zero-order valence-corrected chi connectivity index (χ0v) is 12.7. The van der Waals surface area contributed by atoms with E-state index in [0.29, 0.717) is 13.1 Å². The van der Waals surface area contributed by atoms with Gasteiger partial charge in [0.25, 0.3) is 0 Å². The van der Waals surface area contributed by atoms with E-state index in [1.807, 2.05) is 27.8 Å². The fourth-order valence-electron chi connectivity index (χ4n) is 2.59. The zero-order valence-electron chi connectivity index (χ0n) is 12.7. The summed E-state index contributed by atoms with van der Waals surface area (Å²) in [4.78, 5) is 23.5. The van der Waals surface area contributed by atoms with Crippen LogP contribution < -0.4 is 0 Å². The Bertz CT molecular complexity index is 450. The number of ether oxygens (including phenoxy) is 1. The number of aromatic nitrogens is 2. The van der Waals surface area contributed by atoms with Crippen LogP contribution in [0.5, 0.6) is 0 Å². The maximum absolute atomic E-state index is 12.2. The van der Waals surface area contributed by atoms with Gasteiger partial charge in [0.05, 0.1) is 25.3 Å². The Balaban J connectivity index is 1.84. The monoisotopic (exact) mass is 280 g/mol. The van der Waals surface area contributed by atoms with Crippen molar-refractivity contribution in [2.45, 2.75) is 39.5 Å². The number of carbonyl (C=O) groups excluding carboxylic acids is 1. The number of carbonyl (C=O) groups is 1. The first-order valence-corrected chi connectivity index (χ1v) is 7.06. The number of hydrogen-bond acceptors (Lipinski definition) is 4. The minimum Gasteiger partial charge on any atom is -0.373 e. The van der Waals surface area contributed by atoms with Crippen LogP contribution in [-0.2, 0) is 16.1 Å². The highest BCUT2D eigenvalue weighted by atomic mass is 16.5. The molecule has 6 heteroatoms. The molecule has 1 fully saturated rings. The van der Waals surface area contributed by atoms with Gasteiger partial charge in [0.2, 0.25) is 5.91 Å². The van der Waals surface area contributed by atoms with Crippen LogP contribution in [0, 0.1) is 6.92 Å². The van der Waals surface area contributed by atoms with Crippen molar-refractivity contribution in [1.82, 2.24) is 19.8 Å². The fraction of sp³-hybridized carbons (Fsp3) is 0.714. The third kappa shape index (κ3) is 4.05. The maximum Gasteiger partial charge on any atom is 0.236 e. The van der Waals surface area contributed by atoms with Crippen LogP contribution in [0.3, 0.4) is 0 Å². The largest absolute Gasteiger partial charge is 0.373 e. The number of rotatable bonds is 4. The van der Waals surface area contributed by atoms with Crippen molar-refractivity contribution in [3.8, 4) is 0 Å². The summed E-state index contributed by atoms with van der Waals surface area (Å²) in [6.07, 6.45) is 2.15. The van der Waals surface area contributed by atoms with E-state index in [-0.39, 0.29) is 18.1 Å². The molecule has 112 valence electrons. The average molecular weight is 280 g/mol. The van der Waals surface area contributed by atoms with E-state index < -0.39 is 0 Å². The molecule has 0 spiro atoms. The lowest BCUT2D eigenvalue weighted by atomic mass is 10.2. The molecule has 0 unspecified atom stereocenters. The van der Waals surface area contributed by atoms with Crippen molar-refractivity contribution >= 4 is 5.91 Å². The van der Waals surface area contributed by atoms with Gasteiger partial charge in [-0.15, -0.1) is 0 Å². The number of likely N-dealkylation sites (N-methyl/N-ethyl adjacent to an activating group) is 1. The van der Waals surface area contributed by atoms with E-state index in [2.05, 4.69) is 14.9 Å². The lowest BCUT2D eigenvalue weighted by Crippen LogP contribution is -2.49. The SMILES string of the molecule is Cc1cnc(CN(C)C(=O)CN2C[C@@H](C)O[C@@H](C)C2)[nH]1. The van der Waals surface area contributed by atoms with Crippen LogP contribution in [0.1, 0.15) is 25.4 Å². The molecular weight excluding hydrogens is 256 g/mol. The van der Waals surface area contributed by atoms with Crippen LogP contribution in [0.15, 0.2) is 6.20 Å². The van der Waals surface area contributed by atoms with Crippen LogP contribution in [0.2, 0.25) is 0 Å². The number of nitrogens with zero attached hydrogens (tertiary/aromatic N) is 3. The number of aryl methyl sites for hydroxylation is 1. The minimum absolute atomic E-state index is 0.111. The van der Waals surface area contributed by atoms with Crippen molar-refractivity contribution in [1.29, 1.82) is 0 Å². The molecule has 1 saturated heterocycles. The molecule has 1 aromatic rings. The van der Waals surface area contributed by atoms with Gasteiger partial charge in [0.15, 0.2) is 0 Å². The van der Waals surface area contributed by atoms with E-state index in [0.717, 1.165) is 24.6 Å². The lowest BCUT2D eigenvalue weighted by Gasteiger charge is -2.35. The van der Waals surface area contributed by atoms with E-state index in [9.17, 15) is 4.79 Å². The Morgan fingerprint density at radius 3 is 2.70 bits per heavy atom. The Hall–Kier alpha value is -1.40. The van der Waals surface area contributed by atoms with Crippen molar-refractivity contribution < 1.29 is 9.53 Å². The van der Waals surface area contributed by atoms with E-state index in [1.165, 1.54) is 0 Å². The summed E-state index contributed by atoms with van der Waals surface area (Å²) in [6.45, 7) is 8.61. The molecule has 0 saturated carbocycles. The summed E-state index contributed by atoms with van der Waals surface area (Å²) < 4.78 is 5.68. The highest BCUT2D eigenvalue weighted by Crippen LogP contribution is 2.10. The van der Waals surface area contributed by atoms with Gasteiger partial charge < -0.3 is 14.6 Å². The normalized spacial score (nSPS) is 23.8. The van der Waals surface area contributed by atoms with Crippen LogP contribution in [0.25, 0.3) is 0 Å². The quantitative estimate of drug-likeness (QED) is 0.885. The van der Waals surface area contributed by atoms with Gasteiger partial charge in [-0.3, -0.25) is 9.69 Å². The zero-order chi connectivity index (χ0) is 14.7. The summed E-state index contributed by atoms with van der Waals surface area (Å²) in [5.74, 6) is 0.933. The van der Waals surface area contributed by atoms with Crippen molar-refractivity contribution in [3.05, 3.63) is 17.7 Å². The number of hydrogen-bond donors (Lipinski definition) is 1. The lowest BCUT2D eigenvalue weighted by molar-refractivity contribution is -0.135. The molecule has 2 heterocycles. The Morgan fingerprint density at radius 2 is 2.15 bits per heavy atom. The smallest absolute Gasteiger partial charge is 0.236 e. The molecule has 2 rings (SSSR count). The number of morpholine rings is 1. The molecule has 20 heavy (non-hydrogen) atoms. The number of nitrogens with one attached hydrogen (secondary N) is 1. The topological polar surface area (TPSA) is 61.5 Å². The summed E-state index contributed by atoms with van der Waals surface area (Å²) in [7, 11) is 1.81. The molecule has 1 aromatic heterocycles. The van der Waals surface area contributed by atoms with Crippen molar-refractivity contribution in [2.75, 3.05) is 26.7 Å². The second-order valence-electron chi connectivity index (χ2n) is 5.71. The summed E-state index contributed by atoms with van der Waals surface area (Å²) in [6, 6.07) is 0. The third-order valence-electron chi connectivity index (χ3n) is 3.42. The second-order valence-corrected chi connectivity index (χ2v) is 5.71. The van der Waals surface area contributed by atoms with Crippen LogP contribution in [0.4, 0.5) is 0 Å². The summed E-state index contributed by atoms with van der Waals surface area (Å²) in [5.41, 5.74) is 1.01. The van der Waals surface area contributed by atoms with Gasteiger partial charge in [-0.05, 0) is 20.8 Å². The molecule has 2 atom stereocenters. The first-order valence-electron chi connectivity index (χ1n) is 7.06. The van der Waals surface area contributed by atoms with E-state index >= 15 is 0 Å². The molecule has 1 aliphatic rings. The molecule has 0 aromatic carbocycles. The molecule has 0 bridgehead atoms. The number of amides is 1. The first kappa shape index (κ1) is 15.0.